The van der Waals surface area contributed by atoms with Crippen molar-refractivity contribution in [2.24, 2.45) is 0 Å². The molecule has 3 heterocycles. The Kier molecular flexibility index (Phi) is 7.17. The molecule has 6 nitrogen and oxygen atoms in total. The standard InChI is InChI=1S/C26H32F3N5O/c1-15(2)34-11-9-18(10-12-34)20-13-21-23(30-14-31-24(21)33-25(20)35-5)32-17(4)19-7-6-8-22(16(19)3)26(27,28)29/h6-8,13-15,17-18H,9-12H2,1-5H3,(H,30,31,32,33)/t17-/m1/s1. The number of hydrogen-bond donors (Lipinski definition) is 1. The minimum absolute atomic E-state index is 0.204. The van der Waals surface area contributed by atoms with Crippen molar-refractivity contribution in [3.8, 4) is 5.88 Å². The van der Waals surface area contributed by atoms with Crippen molar-refractivity contribution in [1.29, 1.82) is 0 Å². The molecule has 0 bridgehead atoms. The summed E-state index contributed by atoms with van der Waals surface area (Å²) in [4.78, 5) is 15.9. The van der Waals surface area contributed by atoms with E-state index in [9.17, 15) is 13.2 Å². The van der Waals surface area contributed by atoms with Gasteiger partial charge in [-0.15, -0.1) is 0 Å². The zero-order valence-corrected chi connectivity index (χ0v) is 20.8. The topological polar surface area (TPSA) is 63.2 Å². The van der Waals surface area contributed by atoms with Crippen LogP contribution in [0.15, 0.2) is 30.6 Å². The zero-order valence-electron chi connectivity index (χ0n) is 20.8. The van der Waals surface area contributed by atoms with Crippen LogP contribution in [0.25, 0.3) is 11.0 Å². The summed E-state index contributed by atoms with van der Waals surface area (Å²) in [6.07, 6.45) is -0.998. The summed E-state index contributed by atoms with van der Waals surface area (Å²) in [5.74, 6) is 1.40. The van der Waals surface area contributed by atoms with Gasteiger partial charge in [0.25, 0.3) is 0 Å². The number of pyridine rings is 1. The van der Waals surface area contributed by atoms with Crippen molar-refractivity contribution >= 4 is 16.9 Å². The Morgan fingerprint density at radius 1 is 1.11 bits per heavy atom. The minimum atomic E-state index is -4.40. The Bertz CT molecular complexity index is 1190. The molecule has 1 saturated heterocycles. The Hall–Kier alpha value is -2.94. The van der Waals surface area contributed by atoms with Crippen LogP contribution in [0.5, 0.6) is 5.88 Å². The zero-order chi connectivity index (χ0) is 25.3. The van der Waals surface area contributed by atoms with Gasteiger partial charge in [0.15, 0.2) is 5.65 Å². The van der Waals surface area contributed by atoms with Gasteiger partial charge in [-0.2, -0.15) is 18.2 Å². The van der Waals surface area contributed by atoms with Crippen LogP contribution < -0.4 is 10.1 Å². The van der Waals surface area contributed by atoms with E-state index in [4.69, 9.17) is 4.74 Å². The number of piperidine rings is 1. The number of hydrogen-bond acceptors (Lipinski definition) is 6. The fourth-order valence-electron chi connectivity index (χ4n) is 5.00. The quantitative estimate of drug-likeness (QED) is 0.452. The van der Waals surface area contributed by atoms with E-state index >= 15 is 0 Å². The molecule has 1 atom stereocenters. The number of anilines is 1. The fraction of sp³-hybridized carbons (Fsp3) is 0.500. The second kappa shape index (κ2) is 9.97. The summed E-state index contributed by atoms with van der Waals surface area (Å²) in [5, 5.41) is 4.03. The number of alkyl halides is 3. The summed E-state index contributed by atoms with van der Waals surface area (Å²) < 4.78 is 45.9. The molecule has 1 fully saturated rings. The molecule has 3 aromatic rings. The van der Waals surface area contributed by atoms with E-state index in [1.807, 2.05) is 13.0 Å². The fourth-order valence-corrected chi connectivity index (χ4v) is 5.00. The predicted molar refractivity (Wildman–Crippen MR) is 131 cm³/mol. The molecule has 1 N–H and O–H groups in total. The van der Waals surface area contributed by atoms with Crippen LogP contribution in [0.4, 0.5) is 19.0 Å². The molecule has 2 aromatic heterocycles. The van der Waals surface area contributed by atoms with Gasteiger partial charge in [0.1, 0.15) is 12.1 Å². The third-order valence-electron chi connectivity index (χ3n) is 7.01. The van der Waals surface area contributed by atoms with E-state index in [-0.39, 0.29) is 5.56 Å². The number of fused-ring (bicyclic) bond motifs is 1. The first-order valence-electron chi connectivity index (χ1n) is 12.0. The van der Waals surface area contributed by atoms with Crippen molar-refractivity contribution in [2.45, 2.75) is 64.7 Å². The summed E-state index contributed by atoms with van der Waals surface area (Å²) in [6.45, 7) is 9.76. The van der Waals surface area contributed by atoms with Crippen LogP contribution in [0.1, 0.15) is 67.8 Å². The van der Waals surface area contributed by atoms with Gasteiger partial charge >= 0.3 is 6.18 Å². The molecular formula is C26H32F3N5O. The first-order valence-corrected chi connectivity index (χ1v) is 12.0. The Labute approximate surface area is 203 Å². The van der Waals surface area contributed by atoms with E-state index in [1.165, 1.54) is 19.3 Å². The van der Waals surface area contributed by atoms with Crippen LogP contribution in [-0.4, -0.2) is 46.1 Å². The molecule has 0 saturated carbocycles. The van der Waals surface area contributed by atoms with Crippen molar-refractivity contribution in [1.82, 2.24) is 19.9 Å². The molecule has 0 amide bonds. The normalized spacial score (nSPS) is 16.6. The lowest BCUT2D eigenvalue weighted by Crippen LogP contribution is -2.37. The number of halogens is 3. The number of rotatable bonds is 6. The van der Waals surface area contributed by atoms with Gasteiger partial charge in [-0.05, 0) is 82.8 Å². The highest BCUT2D eigenvalue weighted by molar-refractivity contribution is 5.87. The van der Waals surface area contributed by atoms with Gasteiger partial charge in [0, 0.05) is 11.6 Å². The van der Waals surface area contributed by atoms with E-state index in [0.717, 1.165) is 42.9 Å². The average molecular weight is 488 g/mol. The number of nitrogens with one attached hydrogen (secondary N) is 1. The smallest absolute Gasteiger partial charge is 0.416 e. The number of aromatic nitrogens is 3. The SMILES string of the molecule is COc1nc2ncnc(N[C@H](C)c3cccc(C(F)(F)F)c3C)c2cc1C1CCN(C(C)C)CC1. The highest BCUT2D eigenvalue weighted by Crippen LogP contribution is 2.38. The minimum Gasteiger partial charge on any atom is -0.481 e. The molecular weight excluding hydrogens is 455 g/mol. The molecule has 188 valence electrons. The molecule has 4 rings (SSSR count). The molecule has 1 aliphatic rings. The maximum Gasteiger partial charge on any atom is 0.416 e. The molecule has 35 heavy (non-hydrogen) atoms. The predicted octanol–water partition coefficient (Wildman–Crippen LogP) is 6.12. The van der Waals surface area contributed by atoms with Crippen molar-refractivity contribution < 1.29 is 17.9 Å². The number of methoxy groups -OCH3 is 1. The molecule has 0 aliphatic carbocycles. The summed E-state index contributed by atoms with van der Waals surface area (Å²) in [5.41, 5.74) is 1.64. The second-order valence-electron chi connectivity index (χ2n) is 9.47. The lowest BCUT2D eigenvalue weighted by atomic mass is 9.89. The van der Waals surface area contributed by atoms with E-state index in [1.54, 1.807) is 13.2 Å². The lowest BCUT2D eigenvalue weighted by molar-refractivity contribution is -0.138. The summed E-state index contributed by atoms with van der Waals surface area (Å²) >= 11 is 0. The van der Waals surface area contributed by atoms with Crippen molar-refractivity contribution in [2.75, 3.05) is 25.5 Å². The Balaban J connectivity index is 1.67. The number of nitrogens with zero attached hydrogens (tertiary/aromatic N) is 4. The molecule has 0 radical (unpaired) electrons. The number of likely N-dealkylation sites (tertiary alicyclic amines) is 1. The van der Waals surface area contributed by atoms with Crippen molar-refractivity contribution in [3.63, 3.8) is 0 Å². The summed E-state index contributed by atoms with van der Waals surface area (Å²) in [6, 6.07) is 6.40. The molecule has 9 heteroatoms. The third kappa shape index (κ3) is 5.19. The maximum atomic E-state index is 13.4. The second-order valence-corrected chi connectivity index (χ2v) is 9.47. The van der Waals surface area contributed by atoms with Gasteiger partial charge in [0.2, 0.25) is 5.88 Å². The van der Waals surface area contributed by atoms with E-state index < -0.39 is 17.8 Å². The van der Waals surface area contributed by atoms with Crippen LogP contribution in [-0.2, 0) is 6.18 Å². The lowest BCUT2D eigenvalue weighted by Gasteiger charge is -2.35. The molecule has 1 aromatic carbocycles. The van der Waals surface area contributed by atoms with Crippen LogP contribution in [0.3, 0.4) is 0 Å². The maximum absolute atomic E-state index is 13.4. The Morgan fingerprint density at radius 3 is 2.46 bits per heavy atom. The highest BCUT2D eigenvalue weighted by atomic mass is 19.4. The highest BCUT2D eigenvalue weighted by Gasteiger charge is 2.33. The first kappa shape index (κ1) is 25.2. The van der Waals surface area contributed by atoms with Gasteiger partial charge in [-0.3, -0.25) is 0 Å². The molecule has 0 spiro atoms. The van der Waals surface area contributed by atoms with Gasteiger partial charge < -0.3 is 15.0 Å². The molecule has 0 unspecified atom stereocenters. The summed E-state index contributed by atoms with van der Waals surface area (Å²) in [7, 11) is 1.61. The number of benzene rings is 1. The van der Waals surface area contributed by atoms with Gasteiger partial charge in [-0.1, -0.05) is 12.1 Å². The average Bonchev–Trinajstić information content (AvgIpc) is 2.82. The number of ether oxygens (including phenoxy) is 1. The van der Waals surface area contributed by atoms with E-state index in [0.29, 0.717) is 34.9 Å². The van der Waals surface area contributed by atoms with Crippen molar-refractivity contribution in [3.05, 3.63) is 52.8 Å². The van der Waals surface area contributed by atoms with Gasteiger partial charge in [0.05, 0.1) is 24.1 Å². The largest absolute Gasteiger partial charge is 0.481 e. The first-order chi connectivity index (χ1) is 16.6. The van der Waals surface area contributed by atoms with E-state index in [2.05, 4.69) is 39.0 Å². The molecule has 1 aliphatic heterocycles. The van der Waals surface area contributed by atoms with Crippen LogP contribution in [0.2, 0.25) is 0 Å². The van der Waals surface area contributed by atoms with Crippen LogP contribution >= 0.6 is 0 Å². The Morgan fingerprint density at radius 2 is 1.83 bits per heavy atom. The third-order valence-corrected chi connectivity index (χ3v) is 7.01. The van der Waals surface area contributed by atoms with Crippen LogP contribution in [0, 0.1) is 6.92 Å². The monoisotopic (exact) mass is 487 g/mol. The van der Waals surface area contributed by atoms with Gasteiger partial charge in [-0.25, -0.2) is 9.97 Å².